The number of hydrogen-bond donors (Lipinski definition) is 1. The minimum Gasteiger partial charge on any atom is -0.493 e. The monoisotopic (exact) mass is 457 g/mol. The number of hydrogen-bond acceptors (Lipinski definition) is 7. The van der Waals surface area contributed by atoms with Crippen molar-refractivity contribution in [3.63, 3.8) is 0 Å². The molecule has 0 spiro atoms. The lowest BCUT2D eigenvalue weighted by Gasteiger charge is -2.16. The maximum atomic E-state index is 12.8. The van der Waals surface area contributed by atoms with Gasteiger partial charge in [-0.1, -0.05) is 29.8 Å². The lowest BCUT2D eigenvalue weighted by atomic mass is 10.1. The number of benzene rings is 2. The highest BCUT2D eigenvalue weighted by Crippen LogP contribution is 2.37. The van der Waals surface area contributed by atoms with E-state index in [0.29, 0.717) is 17.1 Å². The summed E-state index contributed by atoms with van der Waals surface area (Å²) in [5, 5.41) is 8.76. The summed E-state index contributed by atoms with van der Waals surface area (Å²) in [6, 6.07) is 12.4. The molecule has 1 aliphatic heterocycles. The van der Waals surface area contributed by atoms with E-state index in [-0.39, 0.29) is 23.8 Å². The van der Waals surface area contributed by atoms with Crippen LogP contribution in [0.3, 0.4) is 0 Å². The highest BCUT2D eigenvalue weighted by molar-refractivity contribution is 8.18. The molecule has 1 atom stereocenters. The first-order valence-electron chi connectivity index (χ1n) is 9.81. The Hall–Kier alpha value is -3.46. The van der Waals surface area contributed by atoms with E-state index in [9.17, 15) is 14.4 Å². The largest absolute Gasteiger partial charge is 0.493 e. The Balaban J connectivity index is 1.75. The standard InChI is InChI=1S/C23H23NO7S/c1-14-7-9-17(10-8-14)30-12-11-24-21(25)19(32-23(24)28)13-16-5-4-6-18(29-3)20(16)31-15(2)22(26)27/h4-10,13,15H,11-12H2,1-3H3,(H,26,27)/b19-13-/t15-/m0/s1. The first-order chi connectivity index (χ1) is 15.3. The molecule has 9 heteroatoms. The molecule has 32 heavy (non-hydrogen) atoms. The number of carbonyl (C=O) groups excluding carboxylic acids is 2. The average molecular weight is 458 g/mol. The third-order valence-corrected chi connectivity index (χ3v) is 5.54. The number of aliphatic carboxylic acids is 1. The number of methoxy groups -OCH3 is 1. The summed E-state index contributed by atoms with van der Waals surface area (Å²) in [5.41, 5.74) is 1.53. The first-order valence-corrected chi connectivity index (χ1v) is 10.6. The summed E-state index contributed by atoms with van der Waals surface area (Å²) >= 11 is 0.802. The maximum absolute atomic E-state index is 12.8. The summed E-state index contributed by atoms with van der Waals surface area (Å²) in [6.45, 7) is 3.63. The van der Waals surface area contributed by atoms with Gasteiger partial charge < -0.3 is 19.3 Å². The molecule has 2 aromatic carbocycles. The smallest absolute Gasteiger partial charge is 0.344 e. The molecule has 0 unspecified atom stereocenters. The number of carbonyl (C=O) groups is 3. The molecule has 0 bridgehead atoms. The van der Waals surface area contributed by atoms with Gasteiger partial charge in [0.05, 0.1) is 18.6 Å². The van der Waals surface area contributed by atoms with Gasteiger partial charge in [-0.05, 0) is 49.9 Å². The molecular formula is C23H23NO7S. The lowest BCUT2D eigenvalue weighted by molar-refractivity contribution is -0.144. The molecule has 8 nitrogen and oxygen atoms in total. The number of carboxylic acid groups (broad SMARTS) is 1. The average Bonchev–Trinajstić information content (AvgIpc) is 3.03. The number of ether oxygens (including phenoxy) is 3. The molecule has 1 saturated heterocycles. The second-order valence-electron chi connectivity index (χ2n) is 6.97. The number of thioether (sulfide) groups is 1. The molecule has 1 N–H and O–H groups in total. The van der Waals surface area contributed by atoms with Crippen molar-refractivity contribution >= 4 is 35.0 Å². The van der Waals surface area contributed by atoms with Crippen molar-refractivity contribution in [1.82, 2.24) is 4.90 Å². The van der Waals surface area contributed by atoms with E-state index in [1.165, 1.54) is 20.1 Å². The van der Waals surface area contributed by atoms with E-state index in [0.717, 1.165) is 22.2 Å². The van der Waals surface area contributed by atoms with Gasteiger partial charge in [0.25, 0.3) is 11.1 Å². The van der Waals surface area contributed by atoms with Crippen LogP contribution in [0.15, 0.2) is 47.4 Å². The zero-order valence-electron chi connectivity index (χ0n) is 17.9. The van der Waals surface area contributed by atoms with Crippen molar-refractivity contribution in [1.29, 1.82) is 0 Å². The molecule has 3 rings (SSSR count). The molecule has 2 aromatic rings. The predicted molar refractivity (Wildman–Crippen MR) is 120 cm³/mol. The molecule has 1 aliphatic rings. The normalized spacial score (nSPS) is 15.7. The third-order valence-electron chi connectivity index (χ3n) is 4.64. The molecule has 0 saturated carbocycles. The van der Waals surface area contributed by atoms with Crippen LogP contribution in [0, 0.1) is 6.92 Å². The zero-order valence-corrected chi connectivity index (χ0v) is 18.7. The summed E-state index contributed by atoms with van der Waals surface area (Å²) in [6.07, 6.45) is 0.366. The van der Waals surface area contributed by atoms with Crippen LogP contribution in [-0.4, -0.2) is 53.5 Å². The number of carboxylic acids is 1. The van der Waals surface area contributed by atoms with Crippen LogP contribution in [0.25, 0.3) is 6.08 Å². The van der Waals surface area contributed by atoms with E-state index >= 15 is 0 Å². The highest BCUT2D eigenvalue weighted by Gasteiger charge is 2.35. The van der Waals surface area contributed by atoms with Crippen LogP contribution >= 0.6 is 11.8 Å². The Morgan fingerprint density at radius 1 is 1.19 bits per heavy atom. The van der Waals surface area contributed by atoms with Crippen molar-refractivity contribution in [3.05, 3.63) is 58.5 Å². The van der Waals surface area contributed by atoms with Gasteiger partial charge >= 0.3 is 5.97 Å². The lowest BCUT2D eigenvalue weighted by Crippen LogP contribution is -2.32. The molecule has 0 radical (unpaired) electrons. The molecule has 1 fully saturated rings. The van der Waals surface area contributed by atoms with E-state index in [4.69, 9.17) is 19.3 Å². The van der Waals surface area contributed by atoms with Gasteiger partial charge in [0.15, 0.2) is 17.6 Å². The summed E-state index contributed by atoms with van der Waals surface area (Å²) < 4.78 is 16.4. The summed E-state index contributed by atoms with van der Waals surface area (Å²) in [7, 11) is 1.43. The number of aryl methyl sites for hydroxylation is 1. The third kappa shape index (κ3) is 5.42. The Bertz CT molecular complexity index is 1050. The van der Waals surface area contributed by atoms with Crippen LogP contribution in [0.1, 0.15) is 18.1 Å². The molecule has 168 valence electrons. The SMILES string of the molecule is COc1cccc(/C=C2\SC(=O)N(CCOc3ccc(C)cc3)C2=O)c1O[C@@H](C)C(=O)O. The maximum Gasteiger partial charge on any atom is 0.344 e. The first kappa shape index (κ1) is 23.2. The van der Waals surface area contributed by atoms with E-state index in [1.54, 1.807) is 18.2 Å². The Morgan fingerprint density at radius 2 is 1.91 bits per heavy atom. The van der Waals surface area contributed by atoms with E-state index in [2.05, 4.69) is 0 Å². The van der Waals surface area contributed by atoms with Crippen LogP contribution in [0.2, 0.25) is 0 Å². The van der Waals surface area contributed by atoms with Crippen LogP contribution in [-0.2, 0) is 9.59 Å². The van der Waals surface area contributed by atoms with Gasteiger partial charge in [-0.2, -0.15) is 0 Å². The van der Waals surface area contributed by atoms with Crippen LogP contribution in [0.4, 0.5) is 4.79 Å². The zero-order chi connectivity index (χ0) is 23.3. The number of amides is 2. The minimum absolute atomic E-state index is 0.105. The van der Waals surface area contributed by atoms with Crippen molar-refractivity contribution in [2.24, 2.45) is 0 Å². The van der Waals surface area contributed by atoms with Gasteiger partial charge in [-0.3, -0.25) is 14.5 Å². The molecule has 1 heterocycles. The summed E-state index contributed by atoms with van der Waals surface area (Å²) in [5.74, 6) is -0.441. The molecule has 2 amide bonds. The fourth-order valence-corrected chi connectivity index (χ4v) is 3.74. The van der Waals surface area contributed by atoms with E-state index in [1.807, 2.05) is 31.2 Å². The number of rotatable bonds is 9. The molecule has 0 aromatic heterocycles. The predicted octanol–water partition coefficient (Wildman–Crippen LogP) is 3.97. The van der Waals surface area contributed by atoms with Crippen molar-refractivity contribution in [2.75, 3.05) is 20.3 Å². The Morgan fingerprint density at radius 3 is 2.56 bits per heavy atom. The fourth-order valence-electron chi connectivity index (χ4n) is 2.88. The van der Waals surface area contributed by atoms with Gasteiger partial charge in [0.2, 0.25) is 0 Å². The number of nitrogens with zero attached hydrogens (tertiary/aromatic N) is 1. The number of imide groups is 1. The minimum atomic E-state index is -1.14. The van der Waals surface area contributed by atoms with Crippen molar-refractivity contribution < 1.29 is 33.7 Å². The number of para-hydroxylation sites is 1. The molecule has 0 aliphatic carbocycles. The Kier molecular flexibility index (Phi) is 7.42. The Labute approximate surface area is 189 Å². The quantitative estimate of drug-likeness (QED) is 0.565. The van der Waals surface area contributed by atoms with E-state index < -0.39 is 23.2 Å². The fraction of sp³-hybridized carbons (Fsp3) is 0.261. The van der Waals surface area contributed by atoms with Crippen LogP contribution in [0.5, 0.6) is 17.2 Å². The van der Waals surface area contributed by atoms with Crippen molar-refractivity contribution in [3.8, 4) is 17.2 Å². The van der Waals surface area contributed by atoms with Gasteiger partial charge in [0, 0.05) is 5.56 Å². The highest BCUT2D eigenvalue weighted by atomic mass is 32.2. The summed E-state index contributed by atoms with van der Waals surface area (Å²) in [4.78, 5) is 37.7. The topological polar surface area (TPSA) is 102 Å². The molecular weight excluding hydrogens is 434 g/mol. The van der Waals surface area contributed by atoms with Gasteiger partial charge in [-0.15, -0.1) is 0 Å². The van der Waals surface area contributed by atoms with Crippen molar-refractivity contribution in [2.45, 2.75) is 20.0 Å². The van der Waals surface area contributed by atoms with Gasteiger partial charge in [0.1, 0.15) is 12.4 Å². The van der Waals surface area contributed by atoms with Gasteiger partial charge in [-0.25, -0.2) is 4.79 Å². The van der Waals surface area contributed by atoms with Crippen LogP contribution < -0.4 is 14.2 Å². The second-order valence-corrected chi connectivity index (χ2v) is 7.96. The second kappa shape index (κ2) is 10.2.